The monoisotopic (exact) mass is 1070 g/mol. The molecule has 0 saturated carbocycles. The molecule has 75 heavy (non-hydrogen) atoms. The Labute approximate surface area is 441 Å². The zero-order chi connectivity index (χ0) is 53.1. The Morgan fingerprint density at radius 2 is 0.707 bits per heavy atom. The molecule has 0 aromatic carbocycles. The maximum Gasteiger partial charge on any atom is 0.334 e. The maximum absolute atomic E-state index is 12.8. The third-order valence-corrected chi connectivity index (χ3v) is 13.9. The van der Waals surface area contributed by atoms with Crippen LogP contribution >= 0.6 is 0 Å². The van der Waals surface area contributed by atoms with Gasteiger partial charge in [-0.05, 0) is 65.2 Å². The summed E-state index contributed by atoms with van der Waals surface area (Å²) in [5.41, 5.74) is 1.34. The molecular formula is C54H82O21. The molecule has 2 aliphatic carbocycles. The van der Waals surface area contributed by atoms with E-state index in [0.717, 1.165) is 12.8 Å². The van der Waals surface area contributed by atoms with Crippen molar-refractivity contribution in [2.45, 2.75) is 101 Å². The van der Waals surface area contributed by atoms with Gasteiger partial charge in [0.2, 0.25) is 0 Å². The van der Waals surface area contributed by atoms with Gasteiger partial charge < -0.3 is 80.5 Å². The van der Waals surface area contributed by atoms with Crippen LogP contribution in [0.2, 0.25) is 0 Å². The molecule has 8 atom stereocenters. The number of carbonyl (C=O) groups excluding carboxylic acids is 4. The normalized spacial score (nSPS) is 28.6. The number of hydrogen-bond donors (Lipinski definition) is 0. The SMILES string of the molecule is C=C1C(=O)O[C@H]2[C@H]1CC/C(C(=O)OCCOCCOCCOCCOCCOCCOCCOCCOCCOCCOCCOCCOC(=O)/C1=C/CC[C@@]3(C)O[C@H]3[C@H]3OC(=O)C(=C)[C@@H]3CC1)=C\CC[C@@]1(C)O[C@@H]21. The van der Waals surface area contributed by atoms with Gasteiger partial charge in [-0.15, -0.1) is 0 Å². The fraction of sp³-hybridized carbons (Fsp3) is 0.778. The smallest absolute Gasteiger partial charge is 0.334 e. The minimum atomic E-state index is -0.383. The highest BCUT2D eigenvalue weighted by atomic mass is 16.7. The van der Waals surface area contributed by atoms with Gasteiger partial charge in [-0.2, -0.15) is 0 Å². The highest BCUT2D eigenvalue weighted by molar-refractivity contribution is 5.92. The summed E-state index contributed by atoms with van der Waals surface area (Å²) in [4.78, 5) is 50.0. The second-order valence-electron chi connectivity index (χ2n) is 19.3. The first-order valence-electron chi connectivity index (χ1n) is 26.7. The second-order valence-corrected chi connectivity index (χ2v) is 19.3. The minimum absolute atomic E-state index is 0.128. The summed E-state index contributed by atoms with van der Waals surface area (Å²) < 4.78 is 94.8. The van der Waals surface area contributed by atoms with E-state index in [9.17, 15) is 19.2 Å². The van der Waals surface area contributed by atoms with Crippen LogP contribution in [0.1, 0.15) is 65.2 Å². The molecule has 0 aromatic heterocycles. The van der Waals surface area contributed by atoms with E-state index >= 15 is 0 Å². The van der Waals surface area contributed by atoms with Crippen molar-refractivity contribution in [3.05, 3.63) is 47.6 Å². The van der Waals surface area contributed by atoms with Gasteiger partial charge in [0.15, 0.2) is 0 Å². The van der Waals surface area contributed by atoms with E-state index in [-0.39, 0.29) is 97.8 Å². The van der Waals surface area contributed by atoms with Gasteiger partial charge in [-0.1, -0.05) is 25.3 Å². The molecule has 21 heteroatoms. The average Bonchev–Trinajstić information content (AvgIpc) is 4.21. The number of ether oxygens (including phenoxy) is 17. The van der Waals surface area contributed by atoms with Crippen LogP contribution in [0.15, 0.2) is 47.6 Å². The fourth-order valence-corrected chi connectivity index (χ4v) is 9.36. The van der Waals surface area contributed by atoms with Crippen LogP contribution in [-0.4, -0.2) is 218 Å². The molecule has 424 valence electrons. The van der Waals surface area contributed by atoms with Crippen LogP contribution < -0.4 is 0 Å². The van der Waals surface area contributed by atoms with Gasteiger partial charge in [0, 0.05) is 34.1 Å². The van der Waals surface area contributed by atoms with Gasteiger partial charge >= 0.3 is 23.9 Å². The second kappa shape index (κ2) is 32.9. The lowest BCUT2D eigenvalue weighted by Gasteiger charge is -2.19. The van der Waals surface area contributed by atoms with Gasteiger partial charge in [0.25, 0.3) is 0 Å². The van der Waals surface area contributed by atoms with E-state index in [1.54, 1.807) is 0 Å². The Hall–Kier alpha value is -3.68. The predicted octanol–water partition coefficient (Wildman–Crippen LogP) is 3.77. The van der Waals surface area contributed by atoms with Crippen molar-refractivity contribution < 1.29 is 99.7 Å². The van der Waals surface area contributed by atoms with Gasteiger partial charge in [-0.25, -0.2) is 19.2 Å². The van der Waals surface area contributed by atoms with Crippen molar-refractivity contribution in [1.82, 2.24) is 0 Å². The molecule has 0 spiro atoms. The summed E-state index contributed by atoms with van der Waals surface area (Å²) in [7, 11) is 0. The van der Waals surface area contributed by atoms with Crippen molar-refractivity contribution in [3.8, 4) is 0 Å². The molecule has 4 heterocycles. The third-order valence-electron chi connectivity index (χ3n) is 13.9. The summed E-state index contributed by atoms with van der Waals surface area (Å²) in [5, 5.41) is 0. The molecule has 4 saturated heterocycles. The van der Waals surface area contributed by atoms with Crippen LogP contribution in [0, 0.1) is 11.8 Å². The molecule has 0 bridgehead atoms. The van der Waals surface area contributed by atoms with E-state index in [1.165, 1.54) is 0 Å². The molecule has 0 aromatic rings. The molecule has 21 nitrogen and oxygen atoms in total. The van der Waals surface area contributed by atoms with Crippen molar-refractivity contribution in [1.29, 1.82) is 0 Å². The fourth-order valence-electron chi connectivity index (χ4n) is 9.36. The first-order chi connectivity index (χ1) is 36.5. The molecule has 6 aliphatic rings. The number of esters is 4. The first-order valence-corrected chi connectivity index (χ1v) is 26.7. The van der Waals surface area contributed by atoms with E-state index in [4.69, 9.17) is 80.5 Å². The van der Waals surface area contributed by atoms with Crippen molar-refractivity contribution in [3.63, 3.8) is 0 Å². The number of rotatable bonds is 38. The number of fused-ring (bicyclic) bond motifs is 6. The third kappa shape index (κ3) is 20.6. The zero-order valence-electron chi connectivity index (χ0n) is 44.2. The molecule has 6 rings (SSSR count). The first kappa shape index (κ1) is 60.5. The number of carbonyl (C=O) groups is 4. The van der Waals surface area contributed by atoms with Crippen LogP contribution in [0.5, 0.6) is 0 Å². The summed E-state index contributed by atoms with van der Waals surface area (Å²) in [5.74, 6) is -1.87. The van der Waals surface area contributed by atoms with Crippen molar-refractivity contribution in [2.24, 2.45) is 11.8 Å². The van der Waals surface area contributed by atoms with E-state index in [0.29, 0.717) is 193 Å². The molecule has 0 amide bonds. The summed E-state index contributed by atoms with van der Waals surface area (Å²) in [6.45, 7) is 21.3. The van der Waals surface area contributed by atoms with Crippen molar-refractivity contribution in [2.75, 3.05) is 159 Å². The van der Waals surface area contributed by atoms with Crippen LogP contribution in [0.25, 0.3) is 0 Å². The van der Waals surface area contributed by atoms with Gasteiger partial charge in [0.05, 0.1) is 157 Å². The lowest BCUT2D eigenvalue weighted by atomic mass is 9.84. The highest BCUT2D eigenvalue weighted by Gasteiger charge is 2.62. The van der Waals surface area contributed by atoms with Crippen LogP contribution in [-0.2, 0) is 99.7 Å². The lowest BCUT2D eigenvalue weighted by Crippen LogP contribution is -2.29. The Morgan fingerprint density at radius 3 is 0.973 bits per heavy atom. The Bertz CT molecular complexity index is 1740. The largest absolute Gasteiger partial charge is 0.460 e. The quantitative estimate of drug-likeness (QED) is 0.0282. The topological polar surface area (TPSA) is 232 Å². The lowest BCUT2D eigenvalue weighted by molar-refractivity contribution is -0.142. The van der Waals surface area contributed by atoms with E-state index < -0.39 is 0 Å². The van der Waals surface area contributed by atoms with Crippen LogP contribution in [0.4, 0.5) is 0 Å². The number of hydrogen-bond acceptors (Lipinski definition) is 21. The number of allylic oxidation sites excluding steroid dienone is 2. The molecule has 0 unspecified atom stereocenters. The van der Waals surface area contributed by atoms with Crippen LogP contribution in [0.3, 0.4) is 0 Å². The standard InChI is InChI=1S/C54H82O21/c1-39-43-11-9-41(7-5-13-53(3)47(74-53)45(43)72-49(39)55)51(57)70-37-35-68-33-31-66-29-27-64-25-23-62-21-19-60-17-15-59-16-18-61-20-22-63-24-26-65-28-30-67-32-34-69-36-38-71-52(58)42-8-6-14-54(4)48(75-54)46-44(12-10-42)40(2)50(56)73-46/h7-8,43-48H,1-2,5-6,9-38H2,3-4H3/b41-7+,42-8+/t43-,44-,45-,46-,47-,48-,53+,54+/m0/s1. The van der Waals surface area contributed by atoms with E-state index in [1.807, 2.05) is 26.0 Å². The predicted molar refractivity (Wildman–Crippen MR) is 266 cm³/mol. The molecule has 4 aliphatic heterocycles. The van der Waals surface area contributed by atoms with Gasteiger partial charge in [0.1, 0.15) is 37.6 Å². The Balaban J connectivity index is 0.600. The van der Waals surface area contributed by atoms with E-state index in [2.05, 4.69) is 13.2 Å². The highest BCUT2D eigenvalue weighted by Crippen LogP contribution is 2.51. The summed E-state index contributed by atoms with van der Waals surface area (Å²) in [6, 6.07) is 0. The molecule has 0 N–H and O–H groups in total. The van der Waals surface area contributed by atoms with Gasteiger partial charge in [-0.3, -0.25) is 0 Å². The molecule has 4 fully saturated rings. The number of epoxide rings is 2. The summed E-state index contributed by atoms with van der Waals surface area (Å²) >= 11 is 0. The minimum Gasteiger partial charge on any atom is -0.460 e. The zero-order valence-corrected chi connectivity index (χ0v) is 44.2. The maximum atomic E-state index is 12.8. The van der Waals surface area contributed by atoms with Crippen molar-refractivity contribution >= 4 is 23.9 Å². The average molecular weight is 1070 g/mol. The summed E-state index contributed by atoms with van der Waals surface area (Å²) in [6.07, 6.45) is 7.76. The Morgan fingerprint density at radius 1 is 0.453 bits per heavy atom. The molecular weight excluding hydrogens is 985 g/mol. The molecule has 0 radical (unpaired) electrons. The Kier molecular flexibility index (Phi) is 26.6.